The molecule has 1 aromatic rings. The minimum Gasteiger partial charge on any atom is -0.312 e. The molecule has 18 heavy (non-hydrogen) atoms. The first-order valence-electron chi connectivity index (χ1n) is 5.80. The Balaban J connectivity index is 0.00000162. The molecule has 4 nitrogen and oxygen atoms in total. The van der Waals surface area contributed by atoms with E-state index in [1.807, 2.05) is 26.0 Å². The predicted molar refractivity (Wildman–Crippen MR) is 74.7 cm³/mol. The highest BCUT2D eigenvalue weighted by atomic mass is 35.5. The zero-order valence-corrected chi connectivity index (χ0v) is 12.2. The fraction of sp³-hybridized carbons (Fsp3) is 0.500. The highest BCUT2D eigenvalue weighted by Gasteiger charge is 2.28. The number of hydrogen-bond acceptors (Lipinski definition) is 3. The zero-order chi connectivity index (χ0) is 12.5. The van der Waals surface area contributed by atoms with Crippen LogP contribution in [0.4, 0.5) is 0 Å². The normalized spacial score (nSPS) is 21.3. The van der Waals surface area contributed by atoms with Crippen LogP contribution in [0.15, 0.2) is 29.2 Å². The van der Waals surface area contributed by atoms with Crippen LogP contribution in [0.25, 0.3) is 0 Å². The van der Waals surface area contributed by atoms with Crippen LogP contribution < -0.4 is 5.32 Å². The number of nitrogens with zero attached hydrogens (tertiary/aromatic N) is 1. The van der Waals surface area contributed by atoms with Gasteiger partial charge in [0.05, 0.1) is 4.90 Å². The second-order valence-electron chi connectivity index (χ2n) is 4.53. The van der Waals surface area contributed by atoms with Crippen molar-refractivity contribution in [3.8, 4) is 0 Å². The van der Waals surface area contributed by atoms with Gasteiger partial charge in [-0.25, -0.2) is 8.42 Å². The van der Waals surface area contributed by atoms with Gasteiger partial charge in [-0.05, 0) is 26.0 Å². The Labute approximate surface area is 115 Å². The number of halogens is 1. The average Bonchev–Trinajstić information content (AvgIpc) is 2.29. The molecule has 1 aliphatic heterocycles. The molecule has 0 bridgehead atoms. The monoisotopic (exact) mass is 290 g/mol. The van der Waals surface area contributed by atoms with Crippen LogP contribution in [-0.2, 0) is 10.0 Å². The number of piperazine rings is 1. The lowest BCUT2D eigenvalue weighted by Crippen LogP contribution is -2.51. The second-order valence-corrected chi connectivity index (χ2v) is 6.47. The van der Waals surface area contributed by atoms with E-state index in [9.17, 15) is 8.42 Å². The number of benzene rings is 1. The van der Waals surface area contributed by atoms with Crippen molar-refractivity contribution in [3.63, 3.8) is 0 Å². The third-order valence-corrected chi connectivity index (χ3v) is 4.87. The lowest BCUT2D eigenvalue weighted by Gasteiger charge is -2.31. The molecule has 102 valence electrons. The Bertz CT molecular complexity index is 487. The largest absolute Gasteiger partial charge is 0.312 e. The maximum atomic E-state index is 12.3. The summed E-state index contributed by atoms with van der Waals surface area (Å²) in [6, 6.07) is 7.23. The molecule has 0 aliphatic carbocycles. The van der Waals surface area contributed by atoms with E-state index in [2.05, 4.69) is 5.32 Å². The third kappa shape index (κ3) is 3.23. The molecule has 0 saturated carbocycles. The average molecular weight is 291 g/mol. The van der Waals surface area contributed by atoms with Crippen molar-refractivity contribution < 1.29 is 8.42 Å². The van der Waals surface area contributed by atoms with E-state index in [0.717, 1.165) is 5.56 Å². The summed E-state index contributed by atoms with van der Waals surface area (Å²) in [5, 5.41) is 3.24. The van der Waals surface area contributed by atoms with Crippen molar-refractivity contribution in [2.75, 3.05) is 19.6 Å². The smallest absolute Gasteiger partial charge is 0.243 e. The fourth-order valence-corrected chi connectivity index (χ4v) is 3.50. The highest BCUT2D eigenvalue weighted by molar-refractivity contribution is 7.89. The number of hydrogen-bond donors (Lipinski definition) is 1. The van der Waals surface area contributed by atoms with E-state index in [-0.39, 0.29) is 18.4 Å². The van der Waals surface area contributed by atoms with E-state index in [1.54, 1.807) is 16.4 Å². The molecule has 1 heterocycles. The van der Waals surface area contributed by atoms with E-state index < -0.39 is 10.0 Å². The van der Waals surface area contributed by atoms with Crippen LogP contribution >= 0.6 is 12.4 Å². The molecular weight excluding hydrogens is 272 g/mol. The lowest BCUT2D eigenvalue weighted by atomic mass is 10.2. The molecule has 1 atom stereocenters. The molecule has 0 spiro atoms. The number of rotatable bonds is 2. The quantitative estimate of drug-likeness (QED) is 0.896. The van der Waals surface area contributed by atoms with Gasteiger partial charge in [0.25, 0.3) is 0 Å². The molecule has 1 N–H and O–H groups in total. The summed E-state index contributed by atoms with van der Waals surface area (Å²) >= 11 is 0. The maximum absolute atomic E-state index is 12.3. The standard InChI is InChI=1S/C12H18N2O2S.ClH/c1-10-3-5-12(6-4-10)17(15,16)14-8-7-13-11(2)9-14;/h3-6,11,13H,7-9H2,1-2H3;1H/t11-;/m1./s1. The van der Waals surface area contributed by atoms with Gasteiger partial charge in [0.2, 0.25) is 10.0 Å². The van der Waals surface area contributed by atoms with E-state index in [0.29, 0.717) is 24.5 Å². The summed E-state index contributed by atoms with van der Waals surface area (Å²) in [6.07, 6.45) is 0. The number of sulfonamides is 1. The first kappa shape index (κ1) is 15.4. The van der Waals surface area contributed by atoms with Crippen molar-refractivity contribution in [1.29, 1.82) is 0 Å². The SMILES string of the molecule is Cc1ccc(S(=O)(=O)N2CCN[C@H](C)C2)cc1.Cl. The molecule has 0 unspecified atom stereocenters. The van der Waals surface area contributed by atoms with Crippen LogP contribution in [0.1, 0.15) is 12.5 Å². The van der Waals surface area contributed by atoms with E-state index in [4.69, 9.17) is 0 Å². The van der Waals surface area contributed by atoms with Crippen LogP contribution in [0, 0.1) is 6.92 Å². The van der Waals surface area contributed by atoms with Gasteiger partial charge in [-0.3, -0.25) is 0 Å². The van der Waals surface area contributed by atoms with Crippen molar-refractivity contribution in [3.05, 3.63) is 29.8 Å². The summed E-state index contributed by atoms with van der Waals surface area (Å²) in [5.74, 6) is 0. The molecule has 1 fully saturated rings. The Morgan fingerprint density at radius 1 is 1.28 bits per heavy atom. The Hall–Kier alpha value is -0.620. The lowest BCUT2D eigenvalue weighted by molar-refractivity contribution is 0.310. The first-order valence-corrected chi connectivity index (χ1v) is 7.24. The van der Waals surface area contributed by atoms with Gasteiger partial charge in [0.15, 0.2) is 0 Å². The number of nitrogens with one attached hydrogen (secondary N) is 1. The first-order chi connectivity index (χ1) is 8.00. The van der Waals surface area contributed by atoms with Crippen molar-refractivity contribution in [2.24, 2.45) is 0 Å². The van der Waals surface area contributed by atoms with Crippen molar-refractivity contribution in [1.82, 2.24) is 9.62 Å². The fourth-order valence-electron chi connectivity index (χ4n) is 1.97. The minimum atomic E-state index is -3.32. The maximum Gasteiger partial charge on any atom is 0.243 e. The van der Waals surface area contributed by atoms with E-state index in [1.165, 1.54) is 0 Å². The molecule has 1 aliphatic rings. The zero-order valence-electron chi connectivity index (χ0n) is 10.6. The molecule has 0 amide bonds. The third-order valence-electron chi connectivity index (χ3n) is 2.99. The van der Waals surface area contributed by atoms with Crippen LogP contribution in [0.2, 0.25) is 0 Å². The number of aryl methyl sites for hydroxylation is 1. The molecule has 1 saturated heterocycles. The molecule has 2 rings (SSSR count). The topological polar surface area (TPSA) is 49.4 Å². The van der Waals surface area contributed by atoms with Crippen molar-refractivity contribution >= 4 is 22.4 Å². The van der Waals surface area contributed by atoms with Gasteiger partial charge >= 0.3 is 0 Å². The Morgan fingerprint density at radius 3 is 2.44 bits per heavy atom. The summed E-state index contributed by atoms with van der Waals surface area (Å²) in [6.45, 7) is 5.74. The molecule has 6 heteroatoms. The minimum absolute atomic E-state index is 0. The van der Waals surface area contributed by atoms with Gasteiger partial charge < -0.3 is 5.32 Å². The molecule has 0 radical (unpaired) electrons. The van der Waals surface area contributed by atoms with Gasteiger partial charge in [-0.15, -0.1) is 12.4 Å². The molecular formula is C12H19ClN2O2S. The van der Waals surface area contributed by atoms with Crippen LogP contribution in [-0.4, -0.2) is 38.4 Å². The van der Waals surface area contributed by atoms with Gasteiger partial charge in [0, 0.05) is 25.7 Å². The molecule has 0 aromatic heterocycles. The predicted octanol–water partition coefficient (Wildman–Crippen LogP) is 1.40. The van der Waals surface area contributed by atoms with Gasteiger partial charge in [-0.2, -0.15) is 4.31 Å². The Kier molecular flexibility index (Phi) is 5.16. The van der Waals surface area contributed by atoms with Gasteiger partial charge in [-0.1, -0.05) is 17.7 Å². The summed E-state index contributed by atoms with van der Waals surface area (Å²) in [5.41, 5.74) is 1.07. The molecule has 1 aromatic carbocycles. The van der Waals surface area contributed by atoms with E-state index >= 15 is 0 Å². The van der Waals surface area contributed by atoms with Crippen molar-refractivity contribution in [2.45, 2.75) is 24.8 Å². The van der Waals surface area contributed by atoms with Crippen LogP contribution in [0.3, 0.4) is 0 Å². The summed E-state index contributed by atoms with van der Waals surface area (Å²) in [7, 11) is -3.32. The second kappa shape index (κ2) is 6.02. The summed E-state index contributed by atoms with van der Waals surface area (Å²) in [4.78, 5) is 0.386. The van der Waals surface area contributed by atoms with Crippen LogP contribution in [0.5, 0.6) is 0 Å². The summed E-state index contributed by atoms with van der Waals surface area (Å²) < 4.78 is 26.2. The van der Waals surface area contributed by atoms with Gasteiger partial charge in [0.1, 0.15) is 0 Å². The highest BCUT2D eigenvalue weighted by Crippen LogP contribution is 2.17. The Morgan fingerprint density at radius 2 is 1.89 bits per heavy atom.